The van der Waals surface area contributed by atoms with Crippen molar-refractivity contribution in [3.8, 4) is 0 Å². The van der Waals surface area contributed by atoms with Crippen molar-refractivity contribution < 1.29 is 4.79 Å². The summed E-state index contributed by atoms with van der Waals surface area (Å²) in [5.74, 6) is -0.139. The van der Waals surface area contributed by atoms with E-state index in [1.54, 1.807) is 4.68 Å². The third-order valence-electron chi connectivity index (χ3n) is 2.92. The first-order valence-electron chi connectivity index (χ1n) is 5.88. The fourth-order valence-corrected chi connectivity index (χ4v) is 2.01. The van der Waals surface area contributed by atoms with Gasteiger partial charge in [0.15, 0.2) is 0 Å². The smallest absolute Gasteiger partial charge is 0.234 e. The number of aromatic nitrogens is 2. The molecule has 2 atom stereocenters. The Hall–Kier alpha value is -1.36. The van der Waals surface area contributed by atoms with Crippen LogP contribution in [0.5, 0.6) is 0 Å². The molecule has 5 nitrogen and oxygen atoms in total. The fourth-order valence-electron chi connectivity index (χ4n) is 2.01. The number of amides is 1. The largest absolute Gasteiger partial charge is 0.368 e. The second kappa shape index (κ2) is 5.31. The van der Waals surface area contributed by atoms with Crippen LogP contribution in [0, 0.1) is 12.8 Å². The van der Waals surface area contributed by atoms with Crippen molar-refractivity contribution in [2.45, 2.75) is 39.8 Å². The summed E-state index contributed by atoms with van der Waals surface area (Å²) >= 11 is 0. The summed E-state index contributed by atoms with van der Waals surface area (Å²) in [6.07, 6.45) is 1.96. The van der Waals surface area contributed by atoms with Crippen LogP contribution in [0.2, 0.25) is 0 Å². The minimum atomic E-state index is -0.315. The first-order chi connectivity index (χ1) is 7.82. The van der Waals surface area contributed by atoms with Crippen molar-refractivity contribution in [3.05, 3.63) is 17.5 Å². The van der Waals surface area contributed by atoms with E-state index in [4.69, 9.17) is 5.73 Å². The van der Waals surface area contributed by atoms with Crippen LogP contribution < -0.4 is 11.1 Å². The first kappa shape index (κ1) is 13.7. The quantitative estimate of drug-likeness (QED) is 0.800. The molecule has 0 aliphatic heterocycles. The van der Waals surface area contributed by atoms with Gasteiger partial charge in [-0.15, -0.1) is 0 Å². The zero-order valence-electron chi connectivity index (χ0n) is 11.2. The lowest BCUT2D eigenvalue weighted by molar-refractivity contribution is -0.121. The number of hydrogen-bond donors (Lipinski definition) is 2. The molecular formula is C12H22N4O. The van der Waals surface area contributed by atoms with E-state index in [-0.39, 0.29) is 23.9 Å². The highest BCUT2D eigenvalue weighted by atomic mass is 16.1. The molecule has 1 rings (SSSR count). The van der Waals surface area contributed by atoms with Crippen LogP contribution in [0.3, 0.4) is 0 Å². The number of nitrogens with zero attached hydrogens (tertiary/aromatic N) is 2. The van der Waals surface area contributed by atoms with Crippen molar-refractivity contribution in [1.82, 2.24) is 15.1 Å². The second-order valence-corrected chi connectivity index (χ2v) is 4.86. The van der Waals surface area contributed by atoms with Crippen molar-refractivity contribution in [3.63, 3.8) is 0 Å². The summed E-state index contributed by atoms with van der Waals surface area (Å²) in [5.41, 5.74) is 7.45. The number of nitrogens with one attached hydrogen (secondary N) is 1. The maximum Gasteiger partial charge on any atom is 0.234 e. The Kier molecular flexibility index (Phi) is 4.28. The Morgan fingerprint density at radius 1 is 1.47 bits per heavy atom. The van der Waals surface area contributed by atoms with E-state index in [0.29, 0.717) is 0 Å². The zero-order chi connectivity index (χ0) is 13.2. The minimum absolute atomic E-state index is 0.0589. The molecule has 96 valence electrons. The lowest BCUT2D eigenvalue weighted by atomic mass is 10.0. The van der Waals surface area contributed by atoms with Crippen LogP contribution in [-0.4, -0.2) is 21.7 Å². The summed E-state index contributed by atoms with van der Waals surface area (Å²) in [4.78, 5) is 11.3. The highest BCUT2D eigenvalue weighted by molar-refractivity contribution is 5.80. The van der Waals surface area contributed by atoms with Gasteiger partial charge < -0.3 is 5.73 Å². The highest BCUT2D eigenvalue weighted by Gasteiger charge is 2.23. The lowest BCUT2D eigenvalue weighted by Gasteiger charge is -2.23. The van der Waals surface area contributed by atoms with E-state index >= 15 is 0 Å². The third-order valence-corrected chi connectivity index (χ3v) is 2.92. The van der Waals surface area contributed by atoms with Gasteiger partial charge >= 0.3 is 0 Å². The topological polar surface area (TPSA) is 72.9 Å². The van der Waals surface area contributed by atoms with Gasteiger partial charge in [-0.1, -0.05) is 13.8 Å². The Labute approximate surface area is 102 Å². The number of carbonyl (C=O) groups is 1. The van der Waals surface area contributed by atoms with E-state index in [0.717, 1.165) is 11.3 Å². The average molecular weight is 238 g/mol. The molecule has 5 heteroatoms. The normalized spacial score (nSPS) is 14.9. The summed E-state index contributed by atoms with van der Waals surface area (Å²) < 4.78 is 1.78. The van der Waals surface area contributed by atoms with Gasteiger partial charge in [-0.05, 0) is 19.8 Å². The first-order valence-corrected chi connectivity index (χ1v) is 5.88. The second-order valence-electron chi connectivity index (χ2n) is 4.86. The molecule has 1 amide bonds. The van der Waals surface area contributed by atoms with E-state index in [2.05, 4.69) is 10.4 Å². The molecule has 1 heterocycles. The van der Waals surface area contributed by atoms with E-state index in [1.165, 1.54) is 0 Å². The van der Waals surface area contributed by atoms with E-state index < -0.39 is 0 Å². The van der Waals surface area contributed by atoms with Gasteiger partial charge in [0.25, 0.3) is 0 Å². The van der Waals surface area contributed by atoms with Gasteiger partial charge in [0.05, 0.1) is 11.7 Å². The maximum absolute atomic E-state index is 11.3. The molecule has 0 aliphatic carbocycles. The molecule has 17 heavy (non-hydrogen) atoms. The summed E-state index contributed by atoms with van der Waals surface area (Å²) in [6, 6.07) is -0.256. The number of aryl methyl sites for hydroxylation is 2. The molecule has 0 saturated heterocycles. The van der Waals surface area contributed by atoms with Crippen LogP contribution in [-0.2, 0) is 11.8 Å². The third kappa shape index (κ3) is 3.30. The van der Waals surface area contributed by atoms with Crippen LogP contribution in [0.15, 0.2) is 6.20 Å². The lowest BCUT2D eigenvalue weighted by Crippen LogP contribution is -2.45. The number of hydrogen-bond acceptors (Lipinski definition) is 3. The van der Waals surface area contributed by atoms with Gasteiger partial charge in [0, 0.05) is 24.8 Å². The predicted molar refractivity (Wildman–Crippen MR) is 67.3 cm³/mol. The van der Waals surface area contributed by atoms with Crippen molar-refractivity contribution in [1.29, 1.82) is 0 Å². The SMILES string of the molecule is Cc1nn(C)cc1C(C)NC(C(N)=O)C(C)C. The molecule has 0 aromatic carbocycles. The number of primary amides is 1. The Balaban J connectivity index is 2.80. The van der Waals surface area contributed by atoms with Crippen molar-refractivity contribution in [2.75, 3.05) is 0 Å². The highest BCUT2D eigenvalue weighted by Crippen LogP contribution is 2.17. The Bertz CT molecular complexity index is 397. The zero-order valence-corrected chi connectivity index (χ0v) is 11.2. The van der Waals surface area contributed by atoms with Gasteiger partial charge in [-0.25, -0.2) is 0 Å². The monoisotopic (exact) mass is 238 g/mol. The molecule has 0 saturated carbocycles. The molecular weight excluding hydrogens is 216 g/mol. The Morgan fingerprint density at radius 3 is 2.41 bits per heavy atom. The number of rotatable bonds is 5. The minimum Gasteiger partial charge on any atom is -0.368 e. The summed E-state index contributed by atoms with van der Waals surface area (Å²) in [6.45, 7) is 7.93. The standard InChI is InChI=1S/C12H22N4O/c1-7(2)11(12(13)17)14-8(3)10-6-16(5)15-9(10)4/h6-8,11,14H,1-5H3,(H2,13,17). The summed E-state index contributed by atoms with van der Waals surface area (Å²) in [7, 11) is 1.89. The maximum atomic E-state index is 11.3. The van der Waals surface area contributed by atoms with Crippen LogP contribution in [0.25, 0.3) is 0 Å². The molecule has 1 aromatic heterocycles. The molecule has 0 fully saturated rings. The van der Waals surface area contributed by atoms with Crippen molar-refractivity contribution in [2.24, 2.45) is 18.7 Å². The molecule has 1 aromatic rings. The van der Waals surface area contributed by atoms with Gasteiger partial charge in [0.1, 0.15) is 0 Å². The number of carbonyl (C=O) groups excluding carboxylic acids is 1. The van der Waals surface area contributed by atoms with Crippen LogP contribution in [0.1, 0.15) is 38.1 Å². The van der Waals surface area contributed by atoms with Crippen LogP contribution >= 0.6 is 0 Å². The van der Waals surface area contributed by atoms with E-state index in [1.807, 2.05) is 40.9 Å². The molecule has 0 spiro atoms. The average Bonchev–Trinajstić information content (AvgIpc) is 2.53. The van der Waals surface area contributed by atoms with Crippen LogP contribution in [0.4, 0.5) is 0 Å². The fraction of sp³-hybridized carbons (Fsp3) is 0.667. The number of nitrogens with two attached hydrogens (primary N) is 1. The Morgan fingerprint density at radius 2 is 2.06 bits per heavy atom. The van der Waals surface area contributed by atoms with Gasteiger partial charge in [-0.2, -0.15) is 5.10 Å². The molecule has 0 aliphatic rings. The molecule has 0 radical (unpaired) electrons. The van der Waals surface area contributed by atoms with Crippen molar-refractivity contribution >= 4 is 5.91 Å². The van der Waals surface area contributed by atoms with Gasteiger partial charge in [-0.3, -0.25) is 14.8 Å². The summed E-state index contributed by atoms with van der Waals surface area (Å²) in [5, 5.41) is 7.55. The van der Waals surface area contributed by atoms with E-state index in [9.17, 15) is 4.79 Å². The van der Waals surface area contributed by atoms with Gasteiger partial charge in [0.2, 0.25) is 5.91 Å². The predicted octanol–water partition coefficient (Wildman–Crippen LogP) is 0.889. The molecule has 3 N–H and O–H groups in total. The molecule has 2 unspecified atom stereocenters. The molecule has 0 bridgehead atoms.